The third-order valence-electron chi connectivity index (χ3n) is 4.96. The third-order valence-corrected chi connectivity index (χ3v) is 4.96. The number of amides is 2. The van der Waals surface area contributed by atoms with Crippen molar-refractivity contribution in [1.82, 2.24) is 4.90 Å². The fourth-order valence-corrected chi connectivity index (χ4v) is 3.62. The van der Waals surface area contributed by atoms with Gasteiger partial charge in [0.05, 0.1) is 12.2 Å². The molecule has 1 aliphatic heterocycles. The van der Waals surface area contributed by atoms with Crippen molar-refractivity contribution in [2.75, 3.05) is 24.6 Å². The number of carbonyl (C=O) groups excluding carboxylic acids is 2. The molecule has 0 aromatic heterocycles. The first-order valence-electron chi connectivity index (χ1n) is 10.6. The number of rotatable bonds is 9. The molecule has 2 aromatic rings. The third kappa shape index (κ3) is 4.40. The summed E-state index contributed by atoms with van der Waals surface area (Å²) in [5.41, 5.74) is 2.51. The summed E-state index contributed by atoms with van der Waals surface area (Å²) in [5.74, 6) is 0.477. The normalized spacial score (nSPS) is 14.1. The highest BCUT2D eigenvalue weighted by Gasteiger charge is 2.41. The van der Waals surface area contributed by atoms with Crippen LogP contribution in [0.25, 0.3) is 5.57 Å². The van der Waals surface area contributed by atoms with Gasteiger partial charge in [0, 0.05) is 18.8 Å². The van der Waals surface area contributed by atoms with Gasteiger partial charge < -0.3 is 9.64 Å². The highest BCUT2D eigenvalue weighted by Crippen LogP contribution is 2.35. The molecule has 158 valence electrons. The lowest BCUT2D eigenvalue weighted by Crippen LogP contribution is -2.37. The van der Waals surface area contributed by atoms with Crippen LogP contribution in [-0.2, 0) is 9.59 Å². The Kier molecular flexibility index (Phi) is 6.93. The Bertz CT molecular complexity index is 917. The Labute approximate surface area is 178 Å². The molecule has 2 aromatic carbocycles. The standard InChI is InChI=1S/C25H30N2O3/c1-5-16-30-21-14-12-19(13-15-21)22-23(25(29)27(24(22)28)17-18(3)4)26(6-2)20-10-8-7-9-11-20/h7-15,18H,5-6,16-17H2,1-4H3. The van der Waals surface area contributed by atoms with Crippen molar-refractivity contribution in [1.29, 1.82) is 0 Å². The Hall–Kier alpha value is -3.08. The number of hydrogen-bond donors (Lipinski definition) is 0. The number of nitrogens with zero attached hydrogens (tertiary/aromatic N) is 2. The van der Waals surface area contributed by atoms with Crippen molar-refractivity contribution >= 4 is 23.1 Å². The summed E-state index contributed by atoms with van der Waals surface area (Å²) in [6, 6.07) is 17.2. The van der Waals surface area contributed by atoms with Crippen LogP contribution in [-0.4, -0.2) is 36.4 Å². The number of hydrogen-bond acceptors (Lipinski definition) is 4. The van der Waals surface area contributed by atoms with Crippen LogP contribution in [0.3, 0.4) is 0 Å². The maximum atomic E-state index is 13.4. The van der Waals surface area contributed by atoms with Crippen LogP contribution in [0.4, 0.5) is 5.69 Å². The monoisotopic (exact) mass is 406 g/mol. The molecular formula is C25H30N2O3. The fraction of sp³-hybridized carbons (Fsp3) is 0.360. The summed E-state index contributed by atoms with van der Waals surface area (Å²) < 4.78 is 5.67. The molecule has 3 rings (SSSR count). The smallest absolute Gasteiger partial charge is 0.278 e. The molecule has 0 unspecified atom stereocenters. The minimum Gasteiger partial charge on any atom is -0.494 e. The zero-order valence-electron chi connectivity index (χ0n) is 18.2. The molecule has 0 N–H and O–H groups in total. The lowest BCUT2D eigenvalue weighted by atomic mass is 10.0. The van der Waals surface area contributed by atoms with Gasteiger partial charge in [0.15, 0.2) is 0 Å². The molecule has 5 nitrogen and oxygen atoms in total. The zero-order valence-corrected chi connectivity index (χ0v) is 18.2. The van der Waals surface area contributed by atoms with E-state index < -0.39 is 0 Å². The van der Waals surface area contributed by atoms with Crippen LogP contribution in [0.2, 0.25) is 0 Å². The molecule has 0 fully saturated rings. The number of imide groups is 1. The minimum atomic E-state index is -0.236. The molecule has 1 heterocycles. The molecule has 2 amide bonds. The molecule has 1 aliphatic rings. The zero-order chi connectivity index (χ0) is 21.7. The second-order valence-electron chi connectivity index (χ2n) is 7.79. The molecule has 30 heavy (non-hydrogen) atoms. The highest BCUT2D eigenvalue weighted by atomic mass is 16.5. The highest BCUT2D eigenvalue weighted by molar-refractivity contribution is 6.36. The molecule has 0 spiro atoms. The van der Waals surface area contributed by atoms with Crippen molar-refractivity contribution in [2.24, 2.45) is 5.92 Å². The first-order chi connectivity index (χ1) is 14.5. The van der Waals surface area contributed by atoms with Crippen LogP contribution in [0, 0.1) is 5.92 Å². The maximum absolute atomic E-state index is 13.4. The van der Waals surface area contributed by atoms with Gasteiger partial charge in [-0.25, -0.2) is 0 Å². The van der Waals surface area contributed by atoms with Crippen molar-refractivity contribution in [3.63, 3.8) is 0 Å². The van der Waals surface area contributed by atoms with Crippen LogP contribution >= 0.6 is 0 Å². The fourth-order valence-electron chi connectivity index (χ4n) is 3.62. The number of benzene rings is 2. The van der Waals surface area contributed by atoms with E-state index in [0.717, 1.165) is 23.4 Å². The number of likely N-dealkylation sites (N-methyl/N-ethyl adjacent to an activating group) is 1. The summed E-state index contributed by atoms with van der Waals surface area (Å²) in [7, 11) is 0. The van der Waals surface area contributed by atoms with Gasteiger partial charge in [0.25, 0.3) is 11.8 Å². The van der Waals surface area contributed by atoms with E-state index in [1.165, 1.54) is 4.90 Å². The van der Waals surface area contributed by atoms with Gasteiger partial charge in [-0.1, -0.05) is 51.1 Å². The number of carbonyl (C=O) groups is 2. The van der Waals surface area contributed by atoms with E-state index in [-0.39, 0.29) is 17.7 Å². The minimum absolute atomic E-state index is 0.190. The van der Waals surface area contributed by atoms with Gasteiger partial charge in [-0.05, 0) is 49.1 Å². The van der Waals surface area contributed by atoms with E-state index in [4.69, 9.17) is 4.74 Å². The Morgan fingerprint density at radius 2 is 1.60 bits per heavy atom. The van der Waals surface area contributed by atoms with Gasteiger partial charge in [-0.15, -0.1) is 0 Å². The van der Waals surface area contributed by atoms with Crippen LogP contribution in [0.5, 0.6) is 5.75 Å². The van der Waals surface area contributed by atoms with Crippen LogP contribution < -0.4 is 9.64 Å². The predicted molar refractivity (Wildman–Crippen MR) is 120 cm³/mol. The number of ether oxygens (including phenoxy) is 1. The molecule has 0 saturated heterocycles. The van der Waals surface area contributed by atoms with Crippen LogP contribution in [0.1, 0.15) is 39.7 Å². The van der Waals surface area contributed by atoms with Gasteiger partial charge >= 0.3 is 0 Å². The van der Waals surface area contributed by atoms with E-state index in [1.807, 2.05) is 80.3 Å². The van der Waals surface area contributed by atoms with Crippen molar-refractivity contribution in [3.8, 4) is 5.75 Å². The predicted octanol–water partition coefficient (Wildman–Crippen LogP) is 4.74. The van der Waals surface area contributed by atoms with Gasteiger partial charge in [0.1, 0.15) is 11.4 Å². The molecule has 0 radical (unpaired) electrons. The van der Waals surface area contributed by atoms with Crippen molar-refractivity contribution < 1.29 is 14.3 Å². The molecule has 0 atom stereocenters. The first-order valence-corrected chi connectivity index (χ1v) is 10.6. The SMILES string of the molecule is CCCOc1ccc(C2=C(N(CC)c3ccccc3)C(=O)N(CC(C)C)C2=O)cc1. The van der Waals surface area contributed by atoms with Gasteiger partial charge in [-0.3, -0.25) is 14.5 Å². The summed E-state index contributed by atoms with van der Waals surface area (Å²) in [4.78, 5) is 30.1. The van der Waals surface area contributed by atoms with Gasteiger partial charge in [0.2, 0.25) is 0 Å². The lowest BCUT2D eigenvalue weighted by Gasteiger charge is -2.25. The quantitative estimate of drug-likeness (QED) is 0.565. The Morgan fingerprint density at radius 1 is 0.933 bits per heavy atom. The van der Waals surface area contributed by atoms with E-state index in [2.05, 4.69) is 6.92 Å². The second kappa shape index (κ2) is 9.61. The molecule has 0 bridgehead atoms. The second-order valence-corrected chi connectivity index (χ2v) is 7.79. The summed E-state index contributed by atoms with van der Waals surface area (Å²) >= 11 is 0. The molecular weight excluding hydrogens is 376 g/mol. The Morgan fingerprint density at radius 3 is 2.17 bits per heavy atom. The van der Waals surface area contributed by atoms with E-state index in [0.29, 0.717) is 31.0 Å². The number of para-hydroxylation sites is 1. The van der Waals surface area contributed by atoms with E-state index in [9.17, 15) is 9.59 Å². The number of anilines is 1. The Balaban J connectivity index is 2.08. The van der Waals surface area contributed by atoms with Crippen molar-refractivity contribution in [3.05, 3.63) is 65.9 Å². The summed E-state index contributed by atoms with van der Waals surface area (Å²) in [6.07, 6.45) is 0.927. The molecule has 0 saturated carbocycles. The summed E-state index contributed by atoms with van der Waals surface area (Å²) in [5, 5.41) is 0. The largest absolute Gasteiger partial charge is 0.494 e. The average molecular weight is 407 g/mol. The topological polar surface area (TPSA) is 49.9 Å². The van der Waals surface area contributed by atoms with E-state index in [1.54, 1.807) is 0 Å². The maximum Gasteiger partial charge on any atom is 0.278 e. The first kappa shape index (κ1) is 21.6. The molecule has 5 heteroatoms. The van der Waals surface area contributed by atoms with E-state index >= 15 is 0 Å². The van der Waals surface area contributed by atoms with Gasteiger partial charge in [-0.2, -0.15) is 0 Å². The summed E-state index contributed by atoms with van der Waals surface area (Å²) in [6.45, 7) is 9.68. The molecule has 0 aliphatic carbocycles. The van der Waals surface area contributed by atoms with Crippen LogP contribution in [0.15, 0.2) is 60.3 Å². The lowest BCUT2D eigenvalue weighted by molar-refractivity contribution is -0.137. The van der Waals surface area contributed by atoms with Crippen molar-refractivity contribution in [2.45, 2.75) is 34.1 Å². The average Bonchev–Trinajstić information content (AvgIpc) is 2.98.